The normalized spacial score (nSPS) is 12.6. The van der Waals surface area contributed by atoms with Gasteiger partial charge in [-0.1, -0.05) is 35.9 Å². The monoisotopic (exact) mass is 360 g/mol. The van der Waals surface area contributed by atoms with Gasteiger partial charge < -0.3 is 10.6 Å². The molecule has 1 amide bonds. The number of para-hydroxylation sites is 1. The Balaban J connectivity index is 1.53. The summed E-state index contributed by atoms with van der Waals surface area (Å²) in [4.78, 5) is 22.9. The van der Waals surface area contributed by atoms with E-state index >= 15 is 0 Å². The molecule has 2 aromatic carbocycles. The number of carbonyl (C=O) groups excluding carboxylic acids is 1. The second kappa shape index (κ2) is 6.95. The number of nitrogens with one attached hydrogen (secondary N) is 2. The fourth-order valence-corrected chi connectivity index (χ4v) is 3.15. The Hall–Kier alpha value is -3.61. The number of aryl methyl sites for hydroxylation is 1. The van der Waals surface area contributed by atoms with Crippen LogP contribution in [0.15, 0.2) is 54.9 Å². The predicted molar refractivity (Wildman–Crippen MR) is 106 cm³/mol. The van der Waals surface area contributed by atoms with Crippen LogP contribution < -0.4 is 21.5 Å². The smallest absolute Gasteiger partial charge is 0.269 e. The first-order valence-corrected chi connectivity index (χ1v) is 8.72. The predicted octanol–water partition coefficient (Wildman–Crippen LogP) is 2.82. The van der Waals surface area contributed by atoms with Crippen molar-refractivity contribution in [1.82, 2.24) is 15.4 Å². The molecule has 1 aliphatic rings. The summed E-state index contributed by atoms with van der Waals surface area (Å²) in [5.41, 5.74) is 16.1. The van der Waals surface area contributed by atoms with Crippen molar-refractivity contribution in [2.75, 3.05) is 22.6 Å². The summed E-state index contributed by atoms with van der Waals surface area (Å²) in [6.45, 7) is 2.77. The number of hydrogen-bond donors (Lipinski definition) is 3. The van der Waals surface area contributed by atoms with Crippen LogP contribution in [0, 0.1) is 6.92 Å². The highest BCUT2D eigenvalue weighted by Crippen LogP contribution is 2.37. The molecule has 4 N–H and O–H groups in total. The number of rotatable bonds is 4. The molecule has 4 rings (SSSR count). The Bertz CT molecular complexity index is 986. The minimum atomic E-state index is -0.263. The molecule has 0 unspecified atom stereocenters. The maximum atomic E-state index is 12.3. The number of carbonyl (C=O) groups is 1. The zero-order chi connectivity index (χ0) is 18.8. The third kappa shape index (κ3) is 3.27. The lowest BCUT2D eigenvalue weighted by Crippen LogP contribution is -2.30. The second-order valence-corrected chi connectivity index (χ2v) is 6.44. The van der Waals surface area contributed by atoms with E-state index < -0.39 is 0 Å². The average Bonchev–Trinajstić information content (AvgIpc) is 3.11. The lowest BCUT2D eigenvalue weighted by atomic mass is 10.1. The van der Waals surface area contributed by atoms with Gasteiger partial charge in [-0.15, -0.1) is 0 Å². The molecule has 0 radical (unpaired) electrons. The molecular weight excluding hydrogens is 340 g/mol. The Kier molecular flexibility index (Phi) is 4.33. The van der Waals surface area contributed by atoms with Crippen LogP contribution in [0.2, 0.25) is 0 Å². The van der Waals surface area contributed by atoms with Gasteiger partial charge in [0.15, 0.2) is 11.6 Å². The van der Waals surface area contributed by atoms with Crippen molar-refractivity contribution >= 4 is 28.9 Å². The summed E-state index contributed by atoms with van der Waals surface area (Å²) in [7, 11) is 0. The maximum Gasteiger partial charge on any atom is 0.269 e. The minimum absolute atomic E-state index is 0.263. The first-order chi connectivity index (χ1) is 13.1. The molecule has 136 valence electrons. The van der Waals surface area contributed by atoms with Crippen LogP contribution in [0.1, 0.15) is 21.5 Å². The van der Waals surface area contributed by atoms with Crippen LogP contribution >= 0.6 is 0 Å². The SMILES string of the molecule is Cc1ccc(C(=O)NNc2ncnc(N3CCc4ccccc43)c2N)cc1. The maximum absolute atomic E-state index is 12.3. The van der Waals surface area contributed by atoms with E-state index in [0.717, 1.165) is 24.2 Å². The number of anilines is 4. The zero-order valence-electron chi connectivity index (χ0n) is 14.9. The Morgan fingerprint density at radius 2 is 1.89 bits per heavy atom. The number of fused-ring (bicyclic) bond motifs is 1. The van der Waals surface area contributed by atoms with Crippen molar-refractivity contribution in [2.24, 2.45) is 0 Å². The molecule has 1 aromatic heterocycles. The van der Waals surface area contributed by atoms with E-state index in [2.05, 4.69) is 37.9 Å². The van der Waals surface area contributed by atoms with E-state index in [9.17, 15) is 4.79 Å². The number of hydrazine groups is 1. The van der Waals surface area contributed by atoms with E-state index in [4.69, 9.17) is 5.73 Å². The number of aromatic nitrogens is 2. The van der Waals surface area contributed by atoms with E-state index in [1.165, 1.54) is 11.9 Å². The Morgan fingerprint density at radius 1 is 1.11 bits per heavy atom. The highest BCUT2D eigenvalue weighted by Gasteiger charge is 2.24. The number of amides is 1. The van der Waals surface area contributed by atoms with Gasteiger partial charge in [0.1, 0.15) is 12.0 Å². The molecule has 2 heterocycles. The average molecular weight is 360 g/mol. The van der Waals surface area contributed by atoms with Crippen molar-refractivity contribution in [3.05, 3.63) is 71.5 Å². The van der Waals surface area contributed by atoms with Crippen molar-refractivity contribution < 1.29 is 4.79 Å². The molecule has 7 nitrogen and oxygen atoms in total. The lowest BCUT2D eigenvalue weighted by molar-refractivity contribution is 0.0962. The van der Waals surface area contributed by atoms with Gasteiger partial charge in [0.2, 0.25) is 0 Å². The third-order valence-electron chi connectivity index (χ3n) is 4.61. The minimum Gasteiger partial charge on any atom is -0.393 e. The summed E-state index contributed by atoms with van der Waals surface area (Å²) >= 11 is 0. The van der Waals surface area contributed by atoms with Gasteiger partial charge in [0.25, 0.3) is 5.91 Å². The first-order valence-electron chi connectivity index (χ1n) is 8.72. The topological polar surface area (TPSA) is 96.2 Å². The Morgan fingerprint density at radius 3 is 2.70 bits per heavy atom. The first kappa shape index (κ1) is 16.8. The van der Waals surface area contributed by atoms with Crippen LogP contribution in [-0.2, 0) is 6.42 Å². The highest BCUT2D eigenvalue weighted by atomic mass is 16.2. The quantitative estimate of drug-likeness (QED) is 0.619. The van der Waals surface area contributed by atoms with Gasteiger partial charge >= 0.3 is 0 Å². The summed E-state index contributed by atoms with van der Waals surface area (Å²) < 4.78 is 0. The molecule has 0 spiro atoms. The molecule has 27 heavy (non-hydrogen) atoms. The second-order valence-electron chi connectivity index (χ2n) is 6.44. The lowest BCUT2D eigenvalue weighted by Gasteiger charge is -2.21. The molecule has 0 bridgehead atoms. The number of benzene rings is 2. The van der Waals surface area contributed by atoms with Crippen LogP contribution in [0.4, 0.5) is 23.0 Å². The van der Waals surface area contributed by atoms with Crippen LogP contribution in [0.25, 0.3) is 0 Å². The summed E-state index contributed by atoms with van der Waals surface area (Å²) in [5, 5.41) is 0. The zero-order valence-corrected chi connectivity index (χ0v) is 14.9. The van der Waals surface area contributed by atoms with Crippen LogP contribution in [-0.4, -0.2) is 22.4 Å². The number of nitrogens with zero attached hydrogens (tertiary/aromatic N) is 3. The molecule has 0 fully saturated rings. The largest absolute Gasteiger partial charge is 0.393 e. The van der Waals surface area contributed by atoms with E-state index in [1.807, 2.05) is 31.2 Å². The van der Waals surface area contributed by atoms with Crippen LogP contribution in [0.5, 0.6) is 0 Å². The fraction of sp³-hybridized carbons (Fsp3) is 0.150. The van der Waals surface area contributed by atoms with Crippen LogP contribution in [0.3, 0.4) is 0 Å². The highest BCUT2D eigenvalue weighted by molar-refractivity contribution is 5.95. The third-order valence-corrected chi connectivity index (χ3v) is 4.61. The van der Waals surface area contributed by atoms with Crippen molar-refractivity contribution in [2.45, 2.75) is 13.3 Å². The van der Waals surface area contributed by atoms with Crippen molar-refractivity contribution in [1.29, 1.82) is 0 Å². The number of nitrogen functional groups attached to an aromatic ring is 1. The van der Waals surface area contributed by atoms with Gasteiger partial charge in [-0.2, -0.15) is 0 Å². The van der Waals surface area contributed by atoms with E-state index in [0.29, 0.717) is 22.9 Å². The summed E-state index contributed by atoms with van der Waals surface area (Å²) in [6.07, 6.45) is 2.37. The molecule has 0 aliphatic carbocycles. The van der Waals surface area contributed by atoms with Crippen molar-refractivity contribution in [3.8, 4) is 0 Å². The van der Waals surface area contributed by atoms with Gasteiger partial charge in [0.05, 0.1) is 0 Å². The molecule has 0 saturated heterocycles. The molecule has 1 aliphatic heterocycles. The molecule has 0 saturated carbocycles. The summed E-state index contributed by atoms with van der Waals surface area (Å²) in [5.74, 6) is 0.730. The molecular formula is C20H20N6O. The molecule has 7 heteroatoms. The number of nitrogens with two attached hydrogens (primary N) is 1. The van der Waals surface area contributed by atoms with Gasteiger partial charge in [0, 0.05) is 17.8 Å². The van der Waals surface area contributed by atoms with E-state index in [-0.39, 0.29) is 5.91 Å². The standard InChI is InChI=1S/C20H20N6O/c1-13-6-8-15(9-7-13)20(27)25-24-18-17(21)19(23-12-22-18)26-11-10-14-4-2-3-5-16(14)26/h2-9,12H,10-11,21H2,1H3,(H,25,27)(H,22,23,24). The van der Waals surface area contributed by atoms with Gasteiger partial charge in [-0.3, -0.25) is 15.6 Å². The Labute approximate surface area is 157 Å². The fourth-order valence-electron chi connectivity index (χ4n) is 3.15. The van der Waals surface area contributed by atoms with Gasteiger partial charge in [-0.25, -0.2) is 9.97 Å². The number of hydrogen-bond acceptors (Lipinski definition) is 6. The van der Waals surface area contributed by atoms with Crippen molar-refractivity contribution in [3.63, 3.8) is 0 Å². The van der Waals surface area contributed by atoms with Gasteiger partial charge in [-0.05, 0) is 37.1 Å². The van der Waals surface area contributed by atoms with E-state index in [1.54, 1.807) is 12.1 Å². The molecule has 0 atom stereocenters. The molecule has 3 aromatic rings. The summed E-state index contributed by atoms with van der Waals surface area (Å²) in [6, 6.07) is 15.5.